The molecule has 0 aromatic carbocycles. The Morgan fingerprint density at radius 1 is 0.960 bits per heavy atom. The van der Waals surface area contributed by atoms with Crippen molar-refractivity contribution in [1.82, 2.24) is 19.5 Å². The molecule has 0 amide bonds. The van der Waals surface area contributed by atoms with E-state index in [-0.39, 0.29) is 68.7 Å². The third kappa shape index (κ3) is 12.2. The van der Waals surface area contributed by atoms with Gasteiger partial charge in [-0.05, 0) is 19.3 Å². The highest BCUT2D eigenvalue weighted by Gasteiger charge is 2.49. The minimum Gasteiger partial charge on any atom is -0.462 e. The van der Waals surface area contributed by atoms with Crippen LogP contribution in [0, 0.1) is 18.4 Å². The number of fused-ring (bicyclic) bond motifs is 1. The lowest BCUT2D eigenvalue weighted by molar-refractivity contribution is -0.167. The highest BCUT2D eigenvalue weighted by atomic mass is 19.1. The molecule has 0 spiro atoms. The molecule has 2 aromatic heterocycles. The van der Waals surface area contributed by atoms with Gasteiger partial charge in [-0.25, -0.2) is 4.98 Å². The summed E-state index contributed by atoms with van der Waals surface area (Å²) in [6, 6.07) is 0. The van der Waals surface area contributed by atoms with Crippen LogP contribution >= 0.6 is 0 Å². The Kier molecular flexibility index (Phi) is 16.3. The van der Waals surface area contributed by atoms with Gasteiger partial charge in [-0.15, -0.1) is 6.42 Å². The number of halogens is 1. The van der Waals surface area contributed by atoms with Crippen LogP contribution in [-0.4, -0.2) is 86.1 Å². The summed E-state index contributed by atoms with van der Waals surface area (Å²) in [7, 11) is 0. The molecule has 276 valence electrons. The van der Waals surface area contributed by atoms with Crippen LogP contribution in [0.15, 0.2) is 6.33 Å². The second-order valence-corrected chi connectivity index (χ2v) is 12.2. The van der Waals surface area contributed by atoms with E-state index in [1.807, 2.05) is 0 Å². The van der Waals surface area contributed by atoms with Gasteiger partial charge in [0.2, 0.25) is 0 Å². The molecule has 15 nitrogen and oxygen atoms in total. The van der Waals surface area contributed by atoms with E-state index in [1.54, 1.807) is 0 Å². The summed E-state index contributed by atoms with van der Waals surface area (Å²) in [4.78, 5) is 60.7. The van der Waals surface area contributed by atoms with Crippen molar-refractivity contribution >= 4 is 40.9 Å². The zero-order chi connectivity index (χ0) is 36.5. The van der Waals surface area contributed by atoms with Crippen LogP contribution in [0.2, 0.25) is 0 Å². The number of aromatic nitrogens is 4. The summed E-state index contributed by atoms with van der Waals surface area (Å²) in [6.07, 6.45) is 10.0. The van der Waals surface area contributed by atoms with Gasteiger partial charge in [0.05, 0.1) is 6.33 Å². The van der Waals surface area contributed by atoms with Gasteiger partial charge in [-0.2, -0.15) is 14.4 Å². The van der Waals surface area contributed by atoms with Crippen molar-refractivity contribution in [2.24, 2.45) is 0 Å². The van der Waals surface area contributed by atoms with Gasteiger partial charge in [0, 0.05) is 32.1 Å². The van der Waals surface area contributed by atoms with E-state index < -0.39 is 60.6 Å². The van der Waals surface area contributed by atoms with Gasteiger partial charge in [0.25, 0.3) is 0 Å². The largest absolute Gasteiger partial charge is 0.462 e. The number of rotatable bonds is 22. The van der Waals surface area contributed by atoms with E-state index in [2.05, 4.69) is 34.7 Å². The number of carbonyl (C=O) groups is 4. The summed E-state index contributed by atoms with van der Waals surface area (Å²) in [5.41, 5.74) is 4.17. The Balaban J connectivity index is 1.46. The lowest BCUT2D eigenvalue weighted by atomic mass is 9.99. The van der Waals surface area contributed by atoms with Gasteiger partial charge < -0.3 is 34.5 Å². The summed E-state index contributed by atoms with van der Waals surface area (Å²) in [5.74, 6) is -0.0930. The predicted octanol–water partition coefficient (Wildman–Crippen LogP) is 3.85. The lowest BCUT2D eigenvalue weighted by Crippen LogP contribution is -2.43. The number of unbranched alkanes of at least 4 members (excludes halogenated alkanes) is 6. The molecule has 1 aliphatic rings. The fourth-order valence-electron chi connectivity index (χ4n) is 5.25. The number of hydrogen-bond acceptors (Lipinski definition) is 14. The number of ether oxygens (including phenoxy) is 5. The van der Waals surface area contributed by atoms with Crippen molar-refractivity contribution in [1.29, 1.82) is 0 Å². The monoisotopic (exact) mass is 705 g/mol. The van der Waals surface area contributed by atoms with Gasteiger partial charge in [0.15, 0.2) is 28.7 Å². The van der Waals surface area contributed by atoms with Gasteiger partial charge in [-0.1, -0.05) is 58.3 Å². The van der Waals surface area contributed by atoms with Gasteiger partial charge >= 0.3 is 30.0 Å². The molecular formula is C34H48FN5O10. The topological polar surface area (TPSA) is 204 Å². The van der Waals surface area contributed by atoms with Crippen LogP contribution < -0.4 is 5.73 Å². The van der Waals surface area contributed by atoms with Crippen LogP contribution in [0.4, 0.5) is 10.2 Å². The second-order valence-electron chi connectivity index (χ2n) is 12.2. The minimum absolute atomic E-state index is 0.0345. The average Bonchev–Trinajstić information content (AvgIpc) is 3.66. The van der Waals surface area contributed by atoms with E-state index in [0.717, 1.165) is 38.5 Å². The number of aliphatic hydroxyl groups is 1. The molecule has 1 aliphatic heterocycles. The molecule has 16 heteroatoms. The predicted molar refractivity (Wildman–Crippen MR) is 176 cm³/mol. The molecule has 0 saturated carbocycles. The van der Waals surface area contributed by atoms with Crippen molar-refractivity contribution in [3.05, 3.63) is 12.4 Å². The maximum absolute atomic E-state index is 13.8. The zero-order valence-corrected chi connectivity index (χ0v) is 28.8. The minimum atomic E-state index is -1.72. The lowest BCUT2D eigenvalue weighted by Gasteiger charge is -2.26. The van der Waals surface area contributed by atoms with E-state index in [9.17, 15) is 28.7 Å². The second kappa shape index (κ2) is 20.3. The van der Waals surface area contributed by atoms with Crippen LogP contribution in [-0.2, 0) is 42.9 Å². The average molecular weight is 706 g/mol. The molecule has 50 heavy (non-hydrogen) atoms. The van der Waals surface area contributed by atoms with E-state index >= 15 is 0 Å². The number of nitrogens with two attached hydrogens (primary N) is 1. The normalized spacial score (nSPS) is 18.6. The number of nitrogen functional groups attached to an aromatic ring is 1. The van der Waals surface area contributed by atoms with Crippen molar-refractivity contribution in [3.8, 4) is 12.3 Å². The maximum Gasteiger partial charge on any atom is 0.312 e. The highest BCUT2D eigenvalue weighted by molar-refractivity contribution is 5.81. The Labute approximate surface area is 290 Å². The molecule has 1 unspecified atom stereocenters. The van der Waals surface area contributed by atoms with Crippen LogP contribution in [0.5, 0.6) is 0 Å². The number of aliphatic hydroxyl groups excluding tert-OH is 1. The number of anilines is 1. The first-order chi connectivity index (χ1) is 24.0. The van der Waals surface area contributed by atoms with Crippen LogP contribution in [0.1, 0.15) is 110 Å². The molecule has 0 aliphatic carbocycles. The fraction of sp³-hybridized carbons (Fsp3) is 0.676. The number of imidazole rings is 1. The SMILES string of the molecule is C#C[C@]1(COC(=O)CCCC(=O)OC(COC(=O)CCCCCC)COC(=O)CCCCCC)OC(n2cnc3c(N)nc(F)nc32)C[C@@H]1O. The van der Waals surface area contributed by atoms with Crippen molar-refractivity contribution in [3.63, 3.8) is 0 Å². The Morgan fingerprint density at radius 3 is 2.14 bits per heavy atom. The van der Waals surface area contributed by atoms with Crippen molar-refractivity contribution in [2.75, 3.05) is 25.6 Å². The molecule has 1 fully saturated rings. The summed E-state index contributed by atoms with van der Waals surface area (Å²) in [5, 5.41) is 10.8. The Morgan fingerprint density at radius 2 is 1.54 bits per heavy atom. The molecule has 2 aromatic rings. The smallest absolute Gasteiger partial charge is 0.312 e. The third-order valence-corrected chi connectivity index (χ3v) is 8.12. The number of esters is 4. The number of carbonyl (C=O) groups excluding carboxylic acids is 4. The quantitative estimate of drug-likeness (QED) is 0.0587. The van der Waals surface area contributed by atoms with E-state index in [0.29, 0.717) is 12.8 Å². The standard InChI is InChI=1S/C34H48FN5O10/c1-4-7-9-11-14-26(42)46-19-23(20-47-27(43)15-12-10-8-5-2)49-29(45)17-13-16-28(44)48-21-34(6-3)24(41)18-25(50-34)40-22-37-30-31(36)38-33(35)39-32(30)40/h3,22-25,41H,4-5,7-21H2,1-2H3,(H2,36,38,39)/t24-,25?,34+/m0/s1. The first kappa shape index (κ1) is 40.1. The van der Waals surface area contributed by atoms with Gasteiger partial charge in [-0.3, -0.25) is 23.7 Å². The molecule has 0 radical (unpaired) electrons. The highest BCUT2D eigenvalue weighted by Crippen LogP contribution is 2.38. The molecular weight excluding hydrogens is 657 g/mol. The van der Waals surface area contributed by atoms with E-state index in [4.69, 9.17) is 35.8 Å². The van der Waals surface area contributed by atoms with Crippen LogP contribution in [0.25, 0.3) is 11.2 Å². The first-order valence-electron chi connectivity index (χ1n) is 17.2. The summed E-state index contributed by atoms with van der Waals surface area (Å²) in [6.45, 7) is 3.08. The molecule has 3 N–H and O–H groups in total. The van der Waals surface area contributed by atoms with Crippen molar-refractivity contribution < 1.29 is 52.4 Å². The fourth-order valence-corrected chi connectivity index (χ4v) is 5.25. The molecule has 0 bridgehead atoms. The zero-order valence-electron chi connectivity index (χ0n) is 28.8. The van der Waals surface area contributed by atoms with E-state index in [1.165, 1.54) is 10.9 Å². The Hall–Kier alpha value is -4.36. The number of hydrogen-bond donors (Lipinski definition) is 2. The number of nitrogens with zero attached hydrogens (tertiary/aromatic N) is 4. The molecule has 1 saturated heterocycles. The molecule has 3 rings (SSSR count). The molecule has 3 atom stereocenters. The first-order valence-corrected chi connectivity index (χ1v) is 17.2. The Bertz CT molecular complexity index is 1450. The van der Waals surface area contributed by atoms with Crippen molar-refractivity contribution in [2.45, 2.75) is 128 Å². The van der Waals surface area contributed by atoms with Crippen LogP contribution in [0.3, 0.4) is 0 Å². The van der Waals surface area contributed by atoms with Gasteiger partial charge in [0.1, 0.15) is 32.2 Å². The maximum atomic E-state index is 13.8. The molecule has 3 heterocycles. The number of terminal acetylenes is 1. The summed E-state index contributed by atoms with van der Waals surface area (Å²) < 4.78 is 42.4. The third-order valence-electron chi connectivity index (χ3n) is 8.12. The summed E-state index contributed by atoms with van der Waals surface area (Å²) >= 11 is 0.